The van der Waals surface area contributed by atoms with Gasteiger partial charge in [-0.3, -0.25) is 14.4 Å². The van der Waals surface area contributed by atoms with Crippen molar-refractivity contribution >= 4 is 23.5 Å². The Morgan fingerprint density at radius 2 is 1.83 bits per heavy atom. The molecule has 2 aromatic rings. The van der Waals surface area contributed by atoms with E-state index in [-0.39, 0.29) is 19.8 Å². The summed E-state index contributed by atoms with van der Waals surface area (Å²) in [7, 11) is 0. The van der Waals surface area contributed by atoms with Crippen LogP contribution in [0.2, 0.25) is 0 Å². The van der Waals surface area contributed by atoms with Gasteiger partial charge >= 0.3 is 5.97 Å². The van der Waals surface area contributed by atoms with E-state index in [0.717, 1.165) is 5.56 Å². The summed E-state index contributed by atoms with van der Waals surface area (Å²) in [5, 5.41) is 13.6. The molecule has 0 aromatic heterocycles. The molecule has 0 aliphatic carbocycles. The highest BCUT2D eigenvalue weighted by Gasteiger charge is 2.17. The van der Waals surface area contributed by atoms with Crippen LogP contribution in [-0.2, 0) is 20.7 Å². The van der Waals surface area contributed by atoms with Gasteiger partial charge in [0, 0.05) is 11.3 Å². The minimum Gasteiger partial charge on any atom is -0.454 e. The maximum absolute atomic E-state index is 12.1. The highest BCUT2D eigenvalue weighted by atomic mass is 16.7. The Bertz CT molecular complexity index is 965. The monoisotopic (exact) mass is 395 g/mol. The lowest BCUT2D eigenvalue weighted by atomic mass is 10.1. The molecular weight excluding hydrogens is 378 g/mol. The number of anilines is 1. The van der Waals surface area contributed by atoms with E-state index in [1.54, 1.807) is 36.4 Å². The second kappa shape index (κ2) is 9.23. The second-order valence-electron chi connectivity index (χ2n) is 5.99. The number of hydrogen-bond acceptors (Lipinski definition) is 7. The van der Waals surface area contributed by atoms with E-state index in [4.69, 9.17) is 19.5 Å². The number of fused-ring (bicyclic) bond motifs is 1. The van der Waals surface area contributed by atoms with Gasteiger partial charge < -0.3 is 24.8 Å². The zero-order valence-corrected chi connectivity index (χ0v) is 15.3. The number of hydrogen-bond donors (Lipinski definition) is 2. The standard InChI is InChI=1S/C20H17N3O6/c21-8-7-13-1-4-15(5-2-13)23-18(24)11-27-19(25)10-22-20(26)14-3-6-16-17(9-14)29-12-28-16/h1-6,9H,7,10-12H2,(H,22,26)(H,23,24). The number of amides is 2. The second-order valence-corrected chi connectivity index (χ2v) is 5.99. The summed E-state index contributed by atoms with van der Waals surface area (Å²) in [6.07, 6.45) is 0.282. The number of esters is 1. The fourth-order valence-corrected chi connectivity index (χ4v) is 2.48. The molecule has 9 heteroatoms. The first-order valence-electron chi connectivity index (χ1n) is 8.64. The molecule has 2 N–H and O–H groups in total. The largest absolute Gasteiger partial charge is 0.454 e. The third kappa shape index (κ3) is 5.46. The smallest absolute Gasteiger partial charge is 0.325 e. The molecule has 1 aliphatic rings. The highest BCUT2D eigenvalue weighted by Crippen LogP contribution is 2.32. The lowest BCUT2D eigenvalue weighted by Gasteiger charge is -2.08. The summed E-state index contributed by atoms with van der Waals surface area (Å²) in [5.74, 6) is -0.751. The predicted molar refractivity (Wildman–Crippen MR) is 100 cm³/mol. The molecule has 2 aromatic carbocycles. The SMILES string of the molecule is N#CCc1ccc(NC(=O)COC(=O)CNC(=O)c2ccc3c(c2)OCO3)cc1. The van der Waals surface area contributed by atoms with E-state index >= 15 is 0 Å². The minimum absolute atomic E-state index is 0.0960. The van der Waals surface area contributed by atoms with Gasteiger partial charge in [0.05, 0.1) is 12.5 Å². The summed E-state index contributed by atoms with van der Waals surface area (Å²) < 4.78 is 15.2. The average Bonchev–Trinajstić information content (AvgIpc) is 3.20. The molecule has 3 rings (SSSR count). The van der Waals surface area contributed by atoms with Crippen molar-refractivity contribution in [2.45, 2.75) is 6.42 Å². The van der Waals surface area contributed by atoms with E-state index in [1.807, 2.05) is 6.07 Å². The third-order valence-electron chi connectivity index (χ3n) is 3.91. The first kappa shape index (κ1) is 19.7. The Morgan fingerprint density at radius 1 is 1.07 bits per heavy atom. The molecule has 0 saturated carbocycles. The lowest BCUT2D eigenvalue weighted by Crippen LogP contribution is -2.32. The van der Waals surface area contributed by atoms with Crippen molar-refractivity contribution < 1.29 is 28.6 Å². The Labute approximate surface area is 166 Å². The summed E-state index contributed by atoms with van der Waals surface area (Å²) >= 11 is 0. The zero-order chi connectivity index (χ0) is 20.6. The van der Waals surface area contributed by atoms with Crippen molar-refractivity contribution in [3.05, 3.63) is 53.6 Å². The van der Waals surface area contributed by atoms with E-state index < -0.39 is 24.4 Å². The molecule has 1 heterocycles. The number of rotatable bonds is 7. The van der Waals surface area contributed by atoms with Gasteiger partial charge in [0.25, 0.3) is 11.8 Å². The maximum Gasteiger partial charge on any atom is 0.325 e. The molecule has 0 fully saturated rings. The van der Waals surface area contributed by atoms with Crippen molar-refractivity contribution in [3.8, 4) is 17.6 Å². The lowest BCUT2D eigenvalue weighted by molar-refractivity contribution is -0.146. The van der Waals surface area contributed by atoms with Crippen LogP contribution in [0.15, 0.2) is 42.5 Å². The third-order valence-corrected chi connectivity index (χ3v) is 3.91. The van der Waals surface area contributed by atoms with Crippen LogP contribution in [0.25, 0.3) is 0 Å². The van der Waals surface area contributed by atoms with Crippen molar-refractivity contribution in [3.63, 3.8) is 0 Å². The summed E-state index contributed by atoms with van der Waals surface area (Å²) in [4.78, 5) is 35.7. The molecule has 0 bridgehead atoms. The summed E-state index contributed by atoms with van der Waals surface area (Å²) in [5.41, 5.74) is 1.65. The maximum atomic E-state index is 12.1. The van der Waals surface area contributed by atoms with Crippen LogP contribution >= 0.6 is 0 Å². The van der Waals surface area contributed by atoms with Gasteiger partial charge in [-0.05, 0) is 35.9 Å². The molecule has 2 amide bonds. The van der Waals surface area contributed by atoms with Crippen molar-refractivity contribution in [1.29, 1.82) is 5.26 Å². The van der Waals surface area contributed by atoms with Crippen LogP contribution < -0.4 is 20.1 Å². The van der Waals surface area contributed by atoms with Crippen molar-refractivity contribution in [2.24, 2.45) is 0 Å². The molecule has 0 atom stereocenters. The topological polar surface area (TPSA) is 127 Å². The highest BCUT2D eigenvalue weighted by molar-refractivity contribution is 5.97. The van der Waals surface area contributed by atoms with E-state index in [1.165, 1.54) is 6.07 Å². The molecule has 0 spiro atoms. The predicted octanol–water partition coefficient (Wildman–Crippen LogP) is 1.39. The molecule has 0 unspecified atom stereocenters. The first-order valence-corrected chi connectivity index (χ1v) is 8.64. The number of nitrogens with one attached hydrogen (secondary N) is 2. The molecule has 148 valence electrons. The Balaban J connectivity index is 1.39. The van der Waals surface area contributed by atoms with Crippen LogP contribution in [0.4, 0.5) is 5.69 Å². The number of ether oxygens (including phenoxy) is 3. The fraction of sp³-hybridized carbons (Fsp3) is 0.200. The Morgan fingerprint density at radius 3 is 2.59 bits per heavy atom. The van der Waals surface area contributed by atoms with Crippen molar-refractivity contribution in [1.82, 2.24) is 5.32 Å². The van der Waals surface area contributed by atoms with Crippen LogP contribution in [0.1, 0.15) is 15.9 Å². The van der Waals surface area contributed by atoms with Gasteiger partial charge in [0.1, 0.15) is 6.54 Å². The van der Waals surface area contributed by atoms with Gasteiger partial charge in [-0.25, -0.2) is 0 Å². The van der Waals surface area contributed by atoms with Crippen LogP contribution in [0.5, 0.6) is 11.5 Å². The number of benzene rings is 2. The van der Waals surface area contributed by atoms with Crippen LogP contribution in [0, 0.1) is 11.3 Å². The zero-order valence-electron chi connectivity index (χ0n) is 15.3. The first-order chi connectivity index (χ1) is 14.0. The number of carbonyl (C=O) groups excluding carboxylic acids is 3. The quantitative estimate of drug-likeness (QED) is 0.678. The molecule has 0 saturated heterocycles. The van der Waals surface area contributed by atoms with Gasteiger partial charge in [0.15, 0.2) is 18.1 Å². The summed E-state index contributed by atoms with van der Waals surface area (Å²) in [6, 6.07) is 13.4. The minimum atomic E-state index is -0.751. The molecule has 9 nitrogen and oxygen atoms in total. The Hall–Kier alpha value is -4.06. The van der Waals surface area contributed by atoms with Gasteiger partial charge in [-0.2, -0.15) is 5.26 Å². The molecule has 0 radical (unpaired) electrons. The van der Waals surface area contributed by atoms with Crippen LogP contribution in [-0.4, -0.2) is 37.7 Å². The van der Waals surface area contributed by atoms with Crippen molar-refractivity contribution in [2.75, 3.05) is 25.3 Å². The number of nitrogens with zero attached hydrogens (tertiary/aromatic N) is 1. The normalized spacial score (nSPS) is 11.3. The van der Waals surface area contributed by atoms with Gasteiger partial charge in [0.2, 0.25) is 6.79 Å². The fourth-order valence-electron chi connectivity index (χ4n) is 2.48. The summed E-state index contributed by atoms with van der Waals surface area (Å²) in [6.45, 7) is -0.777. The molecule has 1 aliphatic heterocycles. The van der Waals surface area contributed by atoms with E-state index in [2.05, 4.69) is 10.6 Å². The average molecular weight is 395 g/mol. The van der Waals surface area contributed by atoms with Crippen LogP contribution in [0.3, 0.4) is 0 Å². The van der Waals surface area contributed by atoms with Gasteiger partial charge in [-0.1, -0.05) is 12.1 Å². The van der Waals surface area contributed by atoms with E-state index in [9.17, 15) is 14.4 Å². The van der Waals surface area contributed by atoms with Gasteiger partial charge in [-0.15, -0.1) is 0 Å². The van der Waals surface area contributed by atoms with E-state index in [0.29, 0.717) is 22.7 Å². The number of nitriles is 1. The Kier molecular flexibility index (Phi) is 6.27. The molecule has 29 heavy (non-hydrogen) atoms. The number of carbonyl (C=O) groups is 3. The molecular formula is C20H17N3O6.